The maximum Gasteiger partial charge on any atom is 0.242 e. The molecule has 1 aliphatic heterocycles. The van der Waals surface area contributed by atoms with Crippen LogP contribution in [0.4, 0.5) is 0 Å². The lowest BCUT2D eigenvalue weighted by atomic mass is 9.89. The fourth-order valence-corrected chi connectivity index (χ4v) is 4.02. The van der Waals surface area contributed by atoms with Gasteiger partial charge >= 0.3 is 0 Å². The van der Waals surface area contributed by atoms with E-state index in [2.05, 4.69) is 24.1 Å². The van der Waals surface area contributed by atoms with Gasteiger partial charge in [0.1, 0.15) is 6.04 Å². The van der Waals surface area contributed by atoms with Gasteiger partial charge in [-0.05, 0) is 31.5 Å². The number of carbonyl (C=O) groups is 1. The summed E-state index contributed by atoms with van der Waals surface area (Å²) in [5.74, 6) is -0.275. The Morgan fingerprint density at radius 1 is 1.16 bits per heavy atom. The molecule has 1 aromatic rings. The van der Waals surface area contributed by atoms with Crippen molar-refractivity contribution >= 4 is 5.91 Å². The van der Waals surface area contributed by atoms with Gasteiger partial charge in [0, 0.05) is 18.9 Å². The van der Waals surface area contributed by atoms with Crippen molar-refractivity contribution in [2.45, 2.75) is 57.4 Å². The Hall–Kier alpha value is -1.43. The van der Waals surface area contributed by atoms with E-state index in [0.29, 0.717) is 13.2 Å². The Kier molecular flexibility index (Phi) is 6.10. The molecule has 5 nitrogen and oxygen atoms in total. The number of likely N-dealkylation sites (N-methyl/N-ethyl adjacent to an activating group) is 1. The van der Waals surface area contributed by atoms with Gasteiger partial charge in [-0.3, -0.25) is 9.69 Å². The van der Waals surface area contributed by atoms with Crippen LogP contribution < -0.4 is 5.32 Å². The highest BCUT2D eigenvalue weighted by Crippen LogP contribution is 2.36. The number of benzene rings is 1. The molecule has 1 saturated carbocycles. The first-order chi connectivity index (χ1) is 12.2. The number of hydrogen-bond acceptors (Lipinski definition) is 4. The van der Waals surface area contributed by atoms with Crippen molar-refractivity contribution in [3.8, 4) is 0 Å². The van der Waals surface area contributed by atoms with Crippen LogP contribution in [0.1, 0.15) is 51.1 Å². The van der Waals surface area contributed by atoms with E-state index in [-0.39, 0.29) is 23.8 Å². The largest absolute Gasteiger partial charge is 0.352 e. The zero-order chi connectivity index (χ0) is 17.7. The quantitative estimate of drug-likeness (QED) is 0.860. The predicted molar refractivity (Wildman–Crippen MR) is 97.1 cm³/mol. The first kappa shape index (κ1) is 18.4. The van der Waals surface area contributed by atoms with Crippen molar-refractivity contribution in [2.75, 3.05) is 26.3 Å². The molecule has 1 atom stereocenters. The fraction of sp³-hybridized carbons (Fsp3) is 0.650. The second-order valence-electron chi connectivity index (χ2n) is 6.92. The van der Waals surface area contributed by atoms with Crippen LogP contribution in [-0.4, -0.2) is 48.9 Å². The molecule has 1 aromatic carbocycles. The van der Waals surface area contributed by atoms with Gasteiger partial charge in [0.25, 0.3) is 0 Å². The van der Waals surface area contributed by atoms with Gasteiger partial charge < -0.3 is 14.8 Å². The van der Waals surface area contributed by atoms with Crippen LogP contribution in [0.25, 0.3) is 0 Å². The monoisotopic (exact) mass is 346 g/mol. The molecule has 0 aromatic heterocycles. The molecule has 1 spiro atoms. The maximum absolute atomic E-state index is 13.1. The zero-order valence-corrected chi connectivity index (χ0v) is 15.4. The van der Waals surface area contributed by atoms with Gasteiger partial charge in [-0.1, -0.05) is 44.2 Å². The lowest BCUT2D eigenvalue weighted by Crippen LogP contribution is -2.48. The number of carbonyl (C=O) groups excluding carboxylic acids is 1. The van der Waals surface area contributed by atoms with Gasteiger partial charge in [0.05, 0.1) is 13.2 Å². The maximum atomic E-state index is 13.1. The number of nitrogens with zero attached hydrogens (tertiary/aromatic N) is 1. The van der Waals surface area contributed by atoms with Gasteiger partial charge in [-0.2, -0.15) is 0 Å². The Bertz CT molecular complexity index is 543. The summed E-state index contributed by atoms with van der Waals surface area (Å²) < 4.78 is 11.6. The highest BCUT2D eigenvalue weighted by Gasteiger charge is 2.41. The minimum Gasteiger partial charge on any atom is -0.352 e. The molecule has 1 saturated heterocycles. The SMILES string of the molecule is CCN(CC)[C@@H](C(=O)NC1CCC2(CC1)OCCO2)c1ccccc1. The fourth-order valence-electron chi connectivity index (χ4n) is 4.02. The molecule has 0 radical (unpaired) electrons. The summed E-state index contributed by atoms with van der Waals surface area (Å²) >= 11 is 0. The van der Waals surface area contributed by atoms with Crippen LogP contribution >= 0.6 is 0 Å². The number of amides is 1. The van der Waals surface area contributed by atoms with E-state index >= 15 is 0 Å². The van der Waals surface area contributed by atoms with Gasteiger partial charge in [0.15, 0.2) is 5.79 Å². The molecule has 1 heterocycles. The molecule has 1 N–H and O–H groups in total. The van der Waals surface area contributed by atoms with Crippen molar-refractivity contribution in [3.63, 3.8) is 0 Å². The number of ether oxygens (including phenoxy) is 2. The number of nitrogens with one attached hydrogen (secondary N) is 1. The van der Waals surface area contributed by atoms with E-state index in [1.54, 1.807) is 0 Å². The summed E-state index contributed by atoms with van der Waals surface area (Å²) in [6.07, 6.45) is 3.54. The van der Waals surface area contributed by atoms with Crippen molar-refractivity contribution < 1.29 is 14.3 Å². The number of rotatable bonds is 6. The van der Waals surface area contributed by atoms with E-state index < -0.39 is 0 Å². The van der Waals surface area contributed by atoms with Gasteiger partial charge in [-0.15, -0.1) is 0 Å². The van der Waals surface area contributed by atoms with Crippen LogP contribution in [-0.2, 0) is 14.3 Å². The normalized spacial score (nSPS) is 21.6. The molecular weight excluding hydrogens is 316 g/mol. The lowest BCUT2D eigenvalue weighted by Gasteiger charge is -2.37. The lowest BCUT2D eigenvalue weighted by molar-refractivity contribution is -0.180. The van der Waals surface area contributed by atoms with E-state index in [4.69, 9.17) is 9.47 Å². The standard InChI is InChI=1S/C20H30N2O3/c1-3-22(4-2)18(16-8-6-5-7-9-16)19(23)21-17-10-12-20(13-11-17)24-14-15-25-20/h5-9,17-18H,3-4,10-15H2,1-2H3,(H,21,23)/t18-/m1/s1. The number of hydrogen-bond donors (Lipinski definition) is 1. The third-order valence-corrected chi connectivity index (χ3v) is 5.45. The summed E-state index contributed by atoms with van der Waals surface area (Å²) in [6, 6.07) is 10.0. The van der Waals surface area contributed by atoms with E-state index in [1.165, 1.54) is 0 Å². The van der Waals surface area contributed by atoms with E-state index in [9.17, 15) is 4.79 Å². The molecule has 0 bridgehead atoms. The molecular formula is C20H30N2O3. The third kappa shape index (κ3) is 4.22. The summed E-state index contributed by atoms with van der Waals surface area (Å²) in [4.78, 5) is 15.3. The molecule has 1 aliphatic carbocycles. The Morgan fingerprint density at radius 3 is 2.32 bits per heavy atom. The molecule has 138 valence electrons. The molecule has 25 heavy (non-hydrogen) atoms. The predicted octanol–water partition coefficient (Wildman–Crippen LogP) is 2.87. The van der Waals surface area contributed by atoms with Crippen LogP contribution in [0.5, 0.6) is 0 Å². The third-order valence-electron chi connectivity index (χ3n) is 5.45. The van der Waals surface area contributed by atoms with Crippen molar-refractivity contribution in [1.82, 2.24) is 10.2 Å². The van der Waals surface area contributed by atoms with Crippen LogP contribution in [0.2, 0.25) is 0 Å². The van der Waals surface area contributed by atoms with Crippen molar-refractivity contribution in [2.24, 2.45) is 0 Å². The van der Waals surface area contributed by atoms with Crippen molar-refractivity contribution in [1.29, 1.82) is 0 Å². The molecule has 1 amide bonds. The Labute approximate surface area is 150 Å². The minimum atomic E-state index is -0.376. The first-order valence-electron chi connectivity index (χ1n) is 9.54. The second-order valence-corrected chi connectivity index (χ2v) is 6.92. The summed E-state index contributed by atoms with van der Waals surface area (Å²) in [5.41, 5.74) is 1.05. The first-order valence-corrected chi connectivity index (χ1v) is 9.54. The topological polar surface area (TPSA) is 50.8 Å². The molecule has 0 unspecified atom stereocenters. The average molecular weight is 346 g/mol. The average Bonchev–Trinajstić information content (AvgIpc) is 3.10. The van der Waals surface area contributed by atoms with E-state index in [0.717, 1.165) is 44.3 Å². The Balaban J connectivity index is 1.64. The summed E-state index contributed by atoms with van der Waals surface area (Å²) in [5, 5.41) is 3.28. The summed E-state index contributed by atoms with van der Waals surface area (Å²) in [7, 11) is 0. The van der Waals surface area contributed by atoms with E-state index in [1.807, 2.05) is 30.3 Å². The minimum absolute atomic E-state index is 0.101. The molecule has 2 aliphatic rings. The molecule has 2 fully saturated rings. The molecule has 5 heteroatoms. The van der Waals surface area contributed by atoms with Crippen LogP contribution in [0.15, 0.2) is 30.3 Å². The Morgan fingerprint density at radius 2 is 1.76 bits per heavy atom. The highest BCUT2D eigenvalue weighted by molar-refractivity contribution is 5.83. The molecule has 3 rings (SSSR count). The second kappa shape index (κ2) is 8.30. The van der Waals surface area contributed by atoms with Crippen molar-refractivity contribution in [3.05, 3.63) is 35.9 Å². The summed E-state index contributed by atoms with van der Waals surface area (Å²) in [6.45, 7) is 7.28. The zero-order valence-electron chi connectivity index (χ0n) is 15.4. The highest BCUT2D eigenvalue weighted by atomic mass is 16.7. The van der Waals surface area contributed by atoms with Crippen LogP contribution in [0.3, 0.4) is 0 Å². The van der Waals surface area contributed by atoms with Crippen LogP contribution in [0, 0.1) is 0 Å². The van der Waals surface area contributed by atoms with Gasteiger partial charge in [-0.25, -0.2) is 0 Å². The smallest absolute Gasteiger partial charge is 0.242 e. The van der Waals surface area contributed by atoms with Gasteiger partial charge in [0.2, 0.25) is 5.91 Å².